The van der Waals surface area contributed by atoms with Gasteiger partial charge in [-0.3, -0.25) is 4.79 Å². The number of ether oxygens (including phenoxy) is 1. The molecule has 3 saturated carbocycles. The summed E-state index contributed by atoms with van der Waals surface area (Å²) in [6.45, 7) is 13.0. The maximum atomic E-state index is 12.7. The Kier molecular flexibility index (Phi) is 13.3. The van der Waals surface area contributed by atoms with E-state index in [0.717, 1.165) is 67.6 Å². The van der Waals surface area contributed by atoms with Crippen LogP contribution in [-0.2, 0) is 18.6 Å². The third-order valence-electron chi connectivity index (χ3n) is 14.0. The molecule has 1 saturated heterocycles. The first kappa shape index (κ1) is 38.7. The van der Waals surface area contributed by atoms with E-state index in [1.165, 1.54) is 56.9 Å². The Labute approximate surface area is 296 Å². The van der Waals surface area contributed by atoms with Crippen molar-refractivity contribution in [3.05, 3.63) is 11.6 Å². The minimum absolute atomic E-state index is 0.0680. The number of aliphatic hydroxyl groups excluding tert-OH is 1. The highest BCUT2D eigenvalue weighted by atomic mass is 31.1. The van der Waals surface area contributed by atoms with Crippen molar-refractivity contribution in [2.45, 2.75) is 156 Å². The Morgan fingerprint density at radius 3 is 2.55 bits per heavy atom. The lowest BCUT2D eigenvalue weighted by Gasteiger charge is -2.58. The van der Waals surface area contributed by atoms with E-state index in [2.05, 4.69) is 46.0 Å². The summed E-state index contributed by atoms with van der Waals surface area (Å²) in [5.41, 5.74) is 2.26. The predicted molar refractivity (Wildman–Crippen MR) is 192 cm³/mol. The second kappa shape index (κ2) is 16.9. The summed E-state index contributed by atoms with van der Waals surface area (Å²) in [6, 6.07) is -0.385. The highest BCUT2D eigenvalue weighted by Gasteiger charge is 2.59. The average molecular weight is 706 g/mol. The number of fused-ring (bicyclic) bond motifs is 5. The molecule has 5 aliphatic rings. The number of unbranched alkanes of at least 4 members (excludes halogenated alkanes) is 2. The van der Waals surface area contributed by atoms with Gasteiger partial charge in [0.05, 0.1) is 19.2 Å². The summed E-state index contributed by atoms with van der Waals surface area (Å²) in [5, 5.41) is 12.5. The van der Waals surface area contributed by atoms with E-state index in [4.69, 9.17) is 14.2 Å². The third kappa shape index (κ3) is 8.92. The van der Waals surface area contributed by atoms with Gasteiger partial charge in [-0.15, -0.1) is 9.42 Å². The van der Waals surface area contributed by atoms with E-state index < -0.39 is 14.4 Å². The summed E-state index contributed by atoms with van der Waals surface area (Å²) >= 11 is 0. The number of hydrogen-bond acceptors (Lipinski definition) is 6. The molecule has 49 heavy (non-hydrogen) atoms. The molecule has 4 unspecified atom stereocenters. The maximum Gasteiger partial charge on any atom is 0.695 e. The number of alkyl carbamates (subject to hydrolysis) is 1. The number of amides is 2. The fraction of sp³-hybridized carbons (Fsp3) is 0.897. The average Bonchev–Trinajstić information content (AvgIpc) is 3.62. The fourth-order valence-electron chi connectivity index (χ4n) is 11.4. The number of aliphatic hydroxyl groups is 1. The van der Waals surface area contributed by atoms with Crippen molar-refractivity contribution in [2.24, 2.45) is 46.3 Å². The van der Waals surface area contributed by atoms with E-state index in [9.17, 15) is 19.3 Å². The Bertz CT molecular complexity index is 1200. The molecule has 5 rings (SSSR count). The van der Waals surface area contributed by atoms with Crippen molar-refractivity contribution in [3.63, 3.8) is 0 Å². The Hall–Kier alpha value is -1.54. The molecule has 0 aromatic carbocycles. The van der Waals surface area contributed by atoms with Gasteiger partial charge in [0, 0.05) is 30.4 Å². The molecule has 1 heterocycles. The van der Waals surface area contributed by atoms with Crippen LogP contribution in [0.1, 0.15) is 137 Å². The zero-order chi connectivity index (χ0) is 35.3. The zero-order valence-electron chi connectivity index (χ0n) is 31.0. The highest BCUT2D eigenvalue weighted by Crippen LogP contribution is 2.67. The topological polar surface area (TPSA) is 125 Å². The van der Waals surface area contributed by atoms with Crippen molar-refractivity contribution in [1.82, 2.24) is 10.2 Å². The Morgan fingerprint density at radius 2 is 1.82 bits per heavy atom. The maximum absolute atomic E-state index is 12.7. The van der Waals surface area contributed by atoms with Crippen LogP contribution in [0.15, 0.2) is 11.6 Å². The van der Waals surface area contributed by atoms with Crippen molar-refractivity contribution in [2.75, 3.05) is 19.7 Å². The van der Waals surface area contributed by atoms with Gasteiger partial charge in [-0.2, -0.15) is 0 Å². The van der Waals surface area contributed by atoms with Crippen LogP contribution in [0.2, 0.25) is 0 Å². The van der Waals surface area contributed by atoms with E-state index in [-0.39, 0.29) is 42.7 Å². The molecule has 3 N–H and O–H groups in total. The second-order valence-corrected chi connectivity index (χ2v) is 18.1. The van der Waals surface area contributed by atoms with Crippen molar-refractivity contribution < 1.29 is 33.4 Å². The Morgan fingerprint density at radius 1 is 1.02 bits per heavy atom. The molecular formula is C39H66N2O7P+. The lowest BCUT2D eigenvalue weighted by atomic mass is 9.47. The van der Waals surface area contributed by atoms with Crippen molar-refractivity contribution in [1.29, 1.82) is 0 Å². The number of hydrogen-bond donors (Lipinski definition) is 3. The summed E-state index contributed by atoms with van der Waals surface area (Å²) in [4.78, 5) is 36.0. The SMILES string of the molecule is CC(C)CCC[C@@H](C)[C@H]1CCC2C3CC=C4C[C@@H](OC(=O)NCCCCCC(=O)N5C[C@H](O[P+](=O)O)C[C@H]5CO)CC[C@]4(C)C3CC[C@@]21C. The quantitative estimate of drug-likeness (QED) is 0.0889. The van der Waals surface area contributed by atoms with Gasteiger partial charge in [0.2, 0.25) is 5.91 Å². The first-order valence-corrected chi connectivity index (χ1v) is 20.9. The Balaban J connectivity index is 1.02. The molecule has 0 aromatic rings. The molecule has 9 nitrogen and oxygen atoms in total. The van der Waals surface area contributed by atoms with Crippen LogP contribution in [-0.4, -0.2) is 64.8 Å². The van der Waals surface area contributed by atoms with Gasteiger partial charge in [0.25, 0.3) is 0 Å². The lowest BCUT2D eigenvalue weighted by molar-refractivity contribution is -0.133. The van der Waals surface area contributed by atoms with Crippen molar-refractivity contribution >= 4 is 20.3 Å². The molecule has 0 aromatic heterocycles. The largest absolute Gasteiger partial charge is 0.695 e. The van der Waals surface area contributed by atoms with Gasteiger partial charge in [-0.1, -0.05) is 72.0 Å². The van der Waals surface area contributed by atoms with Crippen LogP contribution < -0.4 is 5.32 Å². The summed E-state index contributed by atoms with van der Waals surface area (Å²) < 4.78 is 21.9. The first-order chi connectivity index (χ1) is 23.4. The molecule has 11 atom stereocenters. The number of nitrogens with zero attached hydrogens (tertiary/aromatic N) is 1. The number of nitrogens with one attached hydrogen (secondary N) is 1. The van der Waals surface area contributed by atoms with Gasteiger partial charge in [-0.05, 0) is 104 Å². The number of likely N-dealkylation sites (tertiary alicyclic amines) is 1. The van der Waals surface area contributed by atoms with Crippen molar-refractivity contribution in [3.8, 4) is 0 Å². The van der Waals surface area contributed by atoms with Crippen LogP contribution in [0.25, 0.3) is 0 Å². The lowest BCUT2D eigenvalue weighted by Crippen LogP contribution is -2.51. The first-order valence-electron chi connectivity index (χ1n) is 19.7. The highest BCUT2D eigenvalue weighted by molar-refractivity contribution is 7.32. The van der Waals surface area contributed by atoms with Crippen LogP contribution in [0.3, 0.4) is 0 Å². The van der Waals surface area contributed by atoms with Gasteiger partial charge >= 0.3 is 14.3 Å². The smallest absolute Gasteiger partial charge is 0.446 e. The number of allylic oxidation sites excluding steroid dienone is 1. The molecule has 0 radical (unpaired) electrons. The van der Waals surface area contributed by atoms with Gasteiger partial charge in [0.1, 0.15) is 12.2 Å². The molecule has 2 amide bonds. The van der Waals surface area contributed by atoms with Crippen LogP contribution in [0, 0.1) is 46.3 Å². The molecule has 278 valence electrons. The van der Waals surface area contributed by atoms with E-state index in [0.29, 0.717) is 31.2 Å². The van der Waals surface area contributed by atoms with Gasteiger partial charge < -0.3 is 20.1 Å². The standard InChI is InChI=1S/C39H65N2O7P/c1-26(2)10-9-11-27(3)33-15-16-34-32-14-13-28-22-30(17-19-38(28,4)35(32)18-20-39(33,34)5)47-37(44)40-21-8-6-7-12-36(43)41-24-31(48-49(45)46)23-29(41)25-42/h13,26-27,29-35,42H,6-12,14-25H2,1-5H3,(H-,40,44,45,46)/p+1/t27-,29+,30+,31-,32?,33-,34?,35?,38+,39-/m1/s1. The fourth-order valence-corrected chi connectivity index (χ4v) is 11.8. The molecular weight excluding hydrogens is 639 g/mol. The van der Waals surface area contributed by atoms with E-state index in [1.807, 2.05) is 0 Å². The molecule has 1 aliphatic heterocycles. The third-order valence-corrected chi connectivity index (χ3v) is 14.5. The molecule has 10 heteroatoms. The van der Waals surface area contributed by atoms with Crippen LogP contribution in [0.5, 0.6) is 0 Å². The summed E-state index contributed by atoms with van der Waals surface area (Å²) in [7, 11) is -2.74. The van der Waals surface area contributed by atoms with E-state index in [1.54, 1.807) is 4.90 Å². The molecule has 4 aliphatic carbocycles. The zero-order valence-corrected chi connectivity index (χ0v) is 31.9. The van der Waals surface area contributed by atoms with Gasteiger partial charge in [-0.25, -0.2) is 4.79 Å². The predicted octanol–water partition coefficient (Wildman–Crippen LogP) is 8.31. The summed E-state index contributed by atoms with van der Waals surface area (Å²) in [5.74, 6) is 4.82. The van der Waals surface area contributed by atoms with Gasteiger partial charge in [0.15, 0.2) is 0 Å². The normalized spacial score (nSPS) is 36.4. The van der Waals surface area contributed by atoms with E-state index >= 15 is 0 Å². The van der Waals surface area contributed by atoms with Crippen LogP contribution in [0.4, 0.5) is 4.79 Å². The second-order valence-electron chi connectivity index (χ2n) is 17.4. The minimum Gasteiger partial charge on any atom is -0.446 e. The molecule has 4 fully saturated rings. The molecule has 0 bridgehead atoms. The number of rotatable bonds is 15. The number of carbonyl (C=O) groups is 2. The number of carbonyl (C=O) groups excluding carboxylic acids is 2. The monoisotopic (exact) mass is 705 g/mol. The van der Waals surface area contributed by atoms with Crippen LogP contribution >= 0.6 is 8.25 Å². The summed E-state index contributed by atoms with van der Waals surface area (Å²) in [6.07, 6.45) is 18.2. The minimum atomic E-state index is -2.74. The molecule has 0 spiro atoms.